The average Bonchev–Trinajstić information content (AvgIpc) is 3.50. The van der Waals surface area contributed by atoms with Crippen LogP contribution in [0.25, 0.3) is 26.4 Å². The molecule has 5 rings (SSSR count). The fourth-order valence-corrected chi connectivity index (χ4v) is 6.00. The van der Waals surface area contributed by atoms with Crippen molar-refractivity contribution < 1.29 is 9.59 Å². The van der Waals surface area contributed by atoms with Crippen molar-refractivity contribution in [2.75, 3.05) is 26.7 Å². The Hall–Kier alpha value is -3.87. The highest BCUT2D eigenvalue weighted by molar-refractivity contribution is 7.23. The zero-order valence-electron chi connectivity index (χ0n) is 23.0. The highest BCUT2D eigenvalue weighted by atomic mass is 32.1. The standard InChI is InChI=1S/C31H34N6O2S/c1-4-6-16-31(34-35-31)17-19-36(5-2)18-8-7-9-27(38)24-14-15-26-28(20-24)40-30-33-25(21-37(26)30)22-10-12-23(13-11-22)29(39)32-3/h1,10-15,20-21H,5-9,16-19H2,2-3H3,(H,32,39). The van der Waals surface area contributed by atoms with E-state index in [2.05, 4.69) is 37.7 Å². The van der Waals surface area contributed by atoms with E-state index >= 15 is 0 Å². The number of aromatic nitrogens is 2. The number of thiazole rings is 1. The number of fused-ring (bicyclic) bond motifs is 3. The molecule has 8 nitrogen and oxygen atoms in total. The van der Waals surface area contributed by atoms with Crippen molar-refractivity contribution in [2.24, 2.45) is 10.2 Å². The summed E-state index contributed by atoms with van der Waals surface area (Å²) in [6, 6.07) is 13.3. The van der Waals surface area contributed by atoms with Gasteiger partial charge in [0.05, 0.1) is 15.9 Å². The molecule has 4 aromatic rings. The van der Waals surface area contributed by atoms with E-state index in [-0.39, 0.29) is 17.4 Å². The maximum atomic E-state index is 13.0. The van der Waals surface area contributed by atoms with Crippen LogP contribution in [0.15, 0.2) is 58.9 Å². The van der Waals surface area contributed by atoms with Gasteiger partial charge in [-0.2, -0.15) is 10.2 Å². The molecule has 1 N–H and O–H groups in total. The second kappa shape index (κ2) is 12.1. The second-order valence-corrected chi connectivity index (χ2v) is 11.2. The van der Waals surface area contributed by atoms with Gasteiger partial charge in [0, 0.05) is 62.2 Å². The number of imidazole rings is 1. The molecule has 1 aliphatic rings. The third-order valence-corrected chi connectivity index (χ3v) is 8.56. The molecule has 1 aliphatic heterocycles. The number of benzene rings is 2. The van der Waals surface area contributed by atoms with Crippen LogP contribution in [-0.2, 0) is 0 Å². The van der Waals surface area contributed by atoms with Gasteiger partial charge in [0.15, 0.2) is 16.4 Å². The molecule has 0 saturated carbocycles. The quantitative estimate of drug-likeness (QED) is 0.114. The van der Waals surface area contributed by atoms with Gasteiger partial charge in [-0.25, -0.2) is 4.98 Å². The predicted octanol–water partition coefficient (Wildman–Crippen LogP) is 6.22. The number of nitrogens with one attached hydrogen (secondary N) is 1. The number of rotatable bonds is 14. The molecule has 0 fully saturated rings. The Bertz CT molecular complexity index is 1590. The van der Waals surface area contributed by atoms with Crippen molar-refractivity contribution in [3.8, 4) is 23.6 Å². The lowest BCUT2D eigenvalue weighted by atomic mass is 10.0. The maximum Gasteiger partial charge on any atom is 0.251 e. The van der Waals surface area contributed by atoms with E-state index in [1.807, 2.05) is 36.5 Å². The molecule has 0 spiro atoms. The number of carbonyl (C=O) groups is 2. The summed E-state index contributed by atoms with van der Waals surface area (Å²) in [5.74, 6) is 2.75. The molecule has 40 heavy (non-hydrogen) atoms. The van der Waals surface area contributed by atoms with Crippen LogP contribution in [-0.4, -0.2) is 58.3 Å². The van der Waals surface area contributed by atoms with Crippen LogP contribution in [0.2, 0.25) is 0 Å². The van der Waals surface area contributed by atoms with E-state index in [9.17, 15) is 9.59 Å². The molecule has 0 saturated heterocycles. The fourth-order valence-electron chi connectivity index (χ4n) is 4.95. The number of unbranched alkanes of at least 4 members (excludes halogenated alkanes) is 1. The third-order valence-electron chi connectivity index (χ3n) is 7.54. The van der Waals surface area contributed by atoms with Gasteiger partial charge in [-0.15, -0.1) is 12.3 Å². The maximum absolute atomic E-state index is 13.0. The summed E-state index contributed by atoms with van der Waals surface area (Å²) < 4.78 is 3.11. The number of hydrogen-bond donors (Lipinski definition) is 1. The van der Waals surface area contributed by atoms with Crippen LogP contribution >= 0.6 is 11.3 Å². The van der Waals surface area contributed by atoms with Crippen molar-refractivity contribution in [1.82, 2.24) is 19.6 Å². The molecule has 0 radical (unpaired) electrons. The Morgan fingerprint density at radius 2 is 1.85 bits per heavy atom. The van der Waals surface area contributed by atoms with Crippen molar-refractivity contribution in [1.29, 1.82) is 0 Å². The summed E-state index contributed by atoms with van der Waals surface area (Å²) >= 11 is 1.58. The van der Waals surface area contributed by atoms with Crippen molar-refractivity contribution >= 4 is 38.2 Å². The Labute approximate surface area is 238 Å². The van der Waals surface area contributed by atoms with E-state index in [1.165, 1.54) is 0 Å². The number of ketones is 1. The zero-order chi connectivity index (χ0) is 28.1. The Balaban J connectivity index is 1.15. The zero-order valence-corrected chi connectivity index (χ0v) is 23.8. The summed E-state index contributed by atoms with van der Waals surface area (Å²) in [7, 11) is 1.62. The van der Waals surface area contributed by atoms with Crippen LogP contribution < -0.4 is 5.32 Å². The first kappa shape index (κ1) is 27.7. The molecule has 2 aromatic heterocycles. The lowest BCUT2D eigenvalue weighted by Gasteiger charge is -2.21. The average molecular weight is 555 g/mol. The number of nitrogens with zero attached hydrogens (tertiary/aromatic N) is 5. The van der Waals surface area contributed by atoms with Crippen LogP contribution in [0, 0.1) is 12.3 Å². The fraction of sp³-hybridized carbons (Fsp3) is 0.387. The number of Topliss-reactive ketones (excluding diaryl/α,β-unsaturated/α-hetero) is 1. The topological polar surface area (TPSA) is 91.4 Å². The van der Waals surface area contributed by atoms with Gasteiger partial charge in [-0.05, 0) is 56.3 Å². The molecule has 0 bridgehead atoms. The summed E-state index contributed by atoms with van der Waals surface area (Å²) in [6.07, 6.45) is 12.2. The molecule has 206 valence electrons. The van der Waals surface area contributed by atoms with Gasteiger partial charge in [0.25, 0.3) is 5.91 Å². The summed E-state index contributed by atoms with van der Waals surface area (Å²) in [5, 5.41) is 11.1. The molecule has 0 aliphatic carbocycles. The lowest BCUT2D eigenvalue weighted by Crippen LogP contribution is -2.29. The largest absolute Gasteiger partial charge is 0.355 e. The minimum absolute atomic E-state index is 0.112. The van der Waals surface area contributed by atoms with Crippen LogP contribution in [0.3, 0.4) is 0 Å². The van der Waals surface area contributed by atoms with Crippen molar-refractivity contribution in [3.05, 3.63) is 59.8 Å². The Morgan fingerprint density at radius 3 is 2.55 bits per heavy atom. The highest BCUT2D eigenvalue weighted by Crippen LogP contribution is 2.36. The van der Waals surface area contributed by atoms with E-state index in [4.69, 9.17) is 11.4 Å². The monoisotopic (exact) mass is 554 g/mol. The van der Waals surface area contributed by atoms with Gasteiger partial charge >= 0.3 is 0 Å². The van der Waals surface area contributed by atoms with Gasteiger partial charge in [0.2, 0.25) is 0 Å². The van der Waals surface area contributed by atoms with Gasteiger partial charge in [-0.1, -0.05) is 30.4 Å². The van der Waals surface area contributed by atoms with Gasteiger partial charge < -0.3 is 10.2 Å². The number of hydrogen-bond acceptors (Lipinski definition) is 7. The molecule has 0 atom stereocenters. The molecule has 1 amide bonds. The lowest BCUT2D eigenvalue weighted by molar-refractivity contribution is 0.0959. The van der Waals surface area contributed by atoms with E-state index in [0.717, 1.165) is 77.3 Å². The Kier molecular flexibility index (Phi) is 8.38. The first-order chi connectivity index (χ1) is 19.4. The SMILES string of the molecule is C#CCCC1(CCN(CC)CCCCC(=O)c2ccc3c(c2)sc2nc(-c4ccc(C(=O)NC)cc4)cn23)N=N1. The predicted molar refractivity (Wildman–Crippen MR) is 160 cm³/mol. The van der Waals surface area contributed by atoms with Crippen LogP contribution in [0.4, 0.5) is 0 Å². The van der Waals surface area contributed by atoms with E-state index in [1.54, 1.807) is 30.5 Å². The normalized spacial score (nSPS) is 13.7. The number of amides is 1. The van der Waals surface area contributed by atoms with Crippen molar-refractivity contribution in [3.63, 3.8) is 0 Å². The Morgan fingerprint density at radius 1 is 1.07 bits per heavy atom. The highest BCUT2D eigenvalue weighted by Gasteiger charge is 2.38. The van der Waals surface area contributed by atoms with Gasteiger partial charge in [-0.3, -0.25) is 14.0 Å². The molecule has 9 heteroatoms. The van der Waals surface area contributed by atoms with E-state index < -0.39 is 0 Å². The van der Waals surface area contributed by atoms with Crippen molar-refractivity contribution in [2.45, 2.75) is 51.1 Å². The van der Waals surface area contributed by atoms with Crippen LogP contribution in [0.1, 0.15) is 66.2 Å². The minimum Gasteiger partial charge on any atom is -0.355 e. The minimum atomic E-state index is -0.237. The third kappa shape index (κ3) is 6.14. The first-order valence-electron chi connectivity index (χ1n) is 13.8. The number of carbonyl (C=O) groups excluding carboxylic acids is 2. The van der Waals surface area contributed by atoms with Gasteiger partial charge in [0.1, 0.15) is 0 Å². The summed E-state index contributed by atoms with van der Waals surface area (Å²) in [6.45, 7) is 5.05. The molecular formula is C31H34N6O2S. The smallest absolute Gasteiger partial charge is 0.251 e. The first-order valence-corrected chi connectivity index (χ1v) is 14.6. The molecule has 2 aromatic carbocycles. The summed E-state index contributed by atoms with van der Waals surface area (Å²) in [5.41, 5.74) is 3.96. The van der Waals surface area contributed by atoms with E-state index in [0.29, 0.717) is 18.4 Å². The van der Waals surface area contributed by atoms with Crippen LogP contribution in [0.5, 0.6) is 0 Å². The molecule has 0 unspecified atom stereocenters. The molecular weight excluding hydrogens is 520 g/mol. The molecule has 3 heterocycles. The number of terminal acetylenes is 1. The second-order valence-electron chi connectivity index (χ2n) is 10.2. The summed E-state index contributed by atoms with van der Waals surface area (Å²) in [4.78, 5) is 32.8.